The number of carbonyl (C=O) groups is 2. The van der Waals surface area contributed by atoms with Gasteiger partial charge in [0.1, 0.15) is 6.42 Å². The maximum atomic E-state index is 12.1. The minimum absolute atomic E-state index is 0.116. The minimum Gasteiger partial charge on any atom is -0.465 e. The van der Waals surface area contributed by atoms with Crippen LogP contribution in [0.1, 0.15) is 26.2 Å². The summed E-state index contributed by atoms with van der Waals surface area (Å²) >= 11 is 0. The lowest BCUT2D eigenvalue weighted by atomic mass is 10.2. The number of nitrogens with zero attached hydrogens (tertiary/aromatic N) is 2. The number of esters is 1. The van der Waals surface area contributed by atoms with Gasteiger partial charge >= 0.3 is 12.1 Å². The molecule has 0 saturated carbocycles. The van der Waals surface area contributed by atoms with Crippen LogP contribution >= 0.6 is 0 Å². The van der Waals surface area contributed by atoms with Crippen LogP contribution in [0.2, 0.25) is 0 Å². The van der Waals surface area contributed by atoms with Crippen LogP contribution in [0.3, 0.4) is 0 Å². The zero-order valence-electron chi connectivity index (χ0n) is 12.1. The number of halogens is 3. The molecule has 8 heteroatoms. The molecule has 0 aromatic heterocycles. The van der Waals surface area contributed by atoms with Crippen molar-refractivity contribution in [1.82, 2.24) is 9.80 Å². The van der Waals surface area contributed by atoms with Crippen LogP contribution in [-0.2, 0) is 14.3 Å². The van der Waals surface area contributed by atoms with E-state index in [0.717, 1.165) is 12.8 Å². The van der Waals surface area contributed by atoms with Crippen molar-refractivity contribution in [2.24, 2.45) is 0 Å². The fourth-order valence-corrected chi connectivity index (χ4v) is 2.00. The highest BCUT2D eigenvalue weighted by Gasteiger charge is 2.34. The number of piperazine rings is 1. The predicted molar refractivity (Wildman–Crippen MR) is 69.6 cm³/mol. The van der Waals surface area contributed by atoms with E-state index < -0.39 is 18.5 Å². The second kappa shape index (κ2) is 8.21. The molecule has 21 heavy (non-hydrogen) atoms. The third-order valence-electron chi connectivity index (χ3n) is 3.19. The van der Waals surface area contributed by atoms with Gasteiger partial charge in [-0.15, -0.1) is 0 Å². The van der Waals surface area contributed by atoms with E-state index in [4.69, 9.17) is 4.74 Å². The lowest BCUT2D eigenvalue weighted by molar-refractivity contribution is -0.162. The Kier molecular flexibility index (Phi) is 6.94. The number of hydrogen-bond donors (Lipinski definition) is 0. The molecule has 0 aromatic carbocycles. The zero-order chi connectivity index (χ0) is 15.9. The maximum Gasteiger partial charge on any atom is 0.397 e. The largest absolute Gasteiger partial charge is 0.465 e. The molecule has 0 aliphatic carbocycles. The van der Waals surface area contributed by atoms with Gasteiger partial charge in [0.2, 0.25) is 5.91 Å². The second-order valence-corrected chi connectivity index (χ2v) is 5.02. The molecule has 1 aliphatic rings. The summed E-state index contributed by atoms with van der Waals surface area (Å²) in [7, 11) is 0. The van der Waals surface area contributed by atoms with Crippen LogP contribution in [0.15, 0.2) is 0 Å². The molecule has 0 aromatic rings. The van der Waals surface area contributed by atoms with E-state index in [1.165, 1.54) is 4.90 Å². The van der Waals surface area contributed by atoms with Gasteiger partial charge in [-0.3, -0.25) is 14.5 Å². The Labute approximate surface area is 122 Å². The average molecular weight is 310 g/mol. The summed E-state index contributed by atoms with van der Waals surface area (Å²) in [6, 6.07) is 0. The molecule has 1 heterocycles. The fourth-order valence-electron chi connectivity index (χ4n) is 2.00. The molecule has 1 aliphatic heterocycles. The summed E-state index contributed by atoms with van der Waals surface area (Å²) < 4.78 is 41.4. The number of rotatable bonds is 6. The summed E-state index contributed by atoms with van der Waals surface area (Å²) in [6.07, 6.45) is -4.15. The van der Waals surface area contributed by atoms with Crippen molar-refractivity contribution in [3.8, 4) is 0 Å². The summed E-state index contributed by atoms with van der Waals surface area (Å²) in [5.41, 5.74) is 0. The van der Waals surface area contributed by atoms with Crippen molar-refractivity contribution in [2.45, 2.75) is 32.4 Å². The molecule has 0 radical (unpaired) electrons. The van der Waals surface area contributed by atoms with Gasteiger partial charge < -0.3 is 9.64 Å². The van der Waals surface area contributed by atoms with Crippen molar-refractivity contribution in [3.63, 3.8) is 0 Å². The fraction of sp³-hybridized carbons (Fsp3) is 0.846. The third-order valence-corrected chi connectivity index (χ3v) is 3.19. The summed E-state index contributed by atoms with van der Waals surface area (Å²) in [4.78, 5) is 25.9. The van der Waals surface area contributed by atoms with Crippen LogP contribution < -0.4 is 0 Å². The van der Waals surface area contributed by atoms with Gasteiger partial charge in [-0.05, 0) is 6.42 Å². The first-order valence-corrected chi connectivity index (χ1v) is 7.04. The van der Waals surface area contributed by atoms with E-state index in [0.29, 0.717) is 19.7 Å². The zero-order valence-corrected chi connectivity index (χ0v) is 12.1. The first-order chi connectivity index (χ1) is 9.81. The lowest BCUT2D eigenvalue weighted by Crippen LogP contribution is -2.50. The smallest absolute Gasteiger partial charge is 0.397 e. The van der Waals surface area contributed by atoms with Gasteiger partial charge in [0.05, 0.1) is 13.2 Å². The number of hydrogen-bond acceptors (Lipinski definition) is 4. The van der Waals surface area contributed by atoms with Gasteiger partial charge in [0.25, 0.3) is 0 Å². The third kappa shape index (κ3) is 7.31. The molecule has 1 amide bonds. The van der Waals surface area contributed by atoms with Gasteiger partial charge in [0.15, 0.2) is 0 Å². The standard InChI is InChI=1S/C13H21F3N2O3/c1-2-3-8-21-12(20)10-17-4-6-18(7-5-17)11(19)9-13(14,15)16/h2-10H2,1H3. The molecule has 0 atom stereocenters. The van der Waals surface area contributed by atoms with Crippen LogP contribution in [0.4, 0.5) is 13.2 Å². The highest BCUT2D eigenvalue weighted by atomic mass is 19.4. The monoisotopic (exact) mass is 310 g/mol. The molecule has 1 saturated heterocycles. The lowest BCUT2D eigenvalue weighted by Gasteiger charge is -2.34. The quantitative estimate of drug-likeness (QED) is 0.550. The predicted octanol–water partition coefficient (Wildman–Crippen LogP) is 1.43. The van der Waals surface area contributed by atoms with E-state index >= 15 is 0 Å². The Morgan fingerprint density at radius 3 is 2.29 bits per heavy atom. The van der Waals surface area contributed by atoms with Gasteiger partial charge in [-0.1, -0.05) is 13.3 Å². The molecule has 122 valence electrons. The van der Waals surface area contributed by atoms with Crippen LogP contribution in [0, 0.1) is 0 Å². The van der Waals surface area contributed by atoms with Crippen LogP contribution in [-0.4, -0.2) is 67.2 Å². The highest BCUT2D eigenvalue weighted by molar-refractivity contribution is 5.77. The van der Waals surface area contributed by atoms with Gasteiger partial charge in [0, 0.05) is 26.2 Å². The number of ether oxygens (including phenoxy) is 1. The van der Waals surface area contributed by atoms with Crippen molar-refractivity contribution >= 4 is 11.9 Å². The minimum atomic E-state index is -4.47. The normalized spacial score (nSPS) is 16.9. The Hall–Kier alpha value is -1.31. The molecular weight excluding hydrogens is 289 g/mol. The molecular formula is C13H21F3N2O3. The van der Waals surface area contributed by atoms with E-state index in [1.54, 1.807) is 4.90 Å². The summed E-state index contributed by atoms with van der Waals surface area (Å²) in [6.45, 7) is 3.67. The van der Waals surface area contributed by atoms with Gasteiger partial charge in [-0.25, -0.2) is 0 Å². The number of alkyl halides is 3. The number of carbonyl (C=O) groups excluding carboxylic acids is 2. The Morgan fingerprint density at radius 1 is 1.14 bits per heavy atom. The molecule has 0 spiro atoms. The first-order valence-electron chi connectivity index (χ1n) is 7.04. The topological polar surface area (TPSA) is 49.9 Å². The molecule has 0 unspecified atom stereocenters. The van der Waals surface area contributed by atoms with E-state index in [1.807, 2.05) is 6.92 Å². The van der Waals surface area contributed by atoms with Crippen molar-refractivity contribution in [3.05, 3.63) is 0 Å². The molecule has 5 nitrogen and oxygen atoms in total. The second-order valence-electron chi connectivity index (χ2n) is 5.02. The number of unbranched alkanes of at least 4 members (excludes halogenated alkanes) is 1. The Bertz CT molecular complexity index is 353. The van der Waals surface area contributed by atoms with Crippen LogP contribution in [0.5, 0.6) is 0 Å². The summed E-state index contributed by atoms with van der Waals surface area (Å²) in [5.74, 6) is -1.24. The molecule has 1 rings (SSSR count). The maximum absolute atomic E-state index is 12.1. The first kappa shape index (κ1) is 17.7. The Morgan fingerprint density at radius 2 is 1.76 bits per heavy atom. The van der Waals surface area contributed by atoms with E-state index in [9.17, 15) is 22.8 Å². The van der Waals surface area contributed by atoms with Crippen molar-refractivity contribution in [1.29, 1.82) is 0 Å². The SMILES string of the molecule is CCCCOC(=O)CN1CCN(C(=O)CC(F)(F)F)CC1. The van der Waals surface area contributed by atoms with Crippen molar-refractivity contribution < 1.29 is 27.5 Å². The van der Waals surface area contributed by atoms with E-state index in [-0.39, 0.29) is 25.6 Å². The molecule has 0 N–H and O–H groups in total. The van der Waals surface area contributed by atoms with Gasteiger partial charge in [-0.2, -0.15) is 13.2 Å². The summed E-state index contributed by atoms with van der Waals surface area (Å²) in [5, 5.41) is 0. The number of amides is 1. The Balaban J connectivity index is 2.26. The highest BCUT2D eigenvalue weighted by Crippen LogP contribution is 2.21. The average Bonchev–Trinajstić information content (AvgIpc) is 2.38. The van der Waals surface area contributed by atoms with Crippen molar-refractivity contribution in [2.75, 3.05) is 39.3 Å². The molecule has 0 bridgehead atoms. The van der Waals surface area contributed by atoms with E-state index in [2.05, 4.69) is 0 Å². The van der Waals surface area contributed by atoms with Crippen LogP contribution in [0.25, 0.3) is 0 Å². The molecule has 1 fully saturated rings.